The van der Waals surface area contributed by atoms with E-state index in [1.54, 1.807) is 18.2 Å². The molecule has 0 bridgehead atoms. The Morgan fingerprint density at radius 1 is 0.900 bits per heavy atom. The van der Waals surface area contributed by atoms with Gasteiger partial charge in [-0.2, -0.15) is 0 Å². The highest BCUT2D eigenvalue weighted by atomic mass is 32.2. The molecule has 3 aromatic carbocycles. The smallest absolute Gasteiger partial charge is 0.264 e. The molecule has 1 fully saturated rings. The molecular formula is C31H36FN3O4S. The van der Waals surface area contributed by atoms with Gasteiger partial charge in [0.1, 0.15) is 18.4 Å². The molecule has 9 heteroatoms. The van der Waals surface area contributed by atoms with Crippen LogP contribution in [0.5, 0.6) is 0 Å². The van der Waals surface area contributed by atoms with Crippen molar-refractivity contribution in [3.63, 3.8) is 0 Å². The van der Waals surface area contributed by atoms with Crippen LogP contribution in [0.1, 0.15) is 51.0 Å². The van der Waals surface area contributed by atoms with E-state index in [4.69, 9.17) is 0 Å². The molecule has 0 unspecified atom stereocenters. The van der Waals surface area contributed by atoms with E-state index in [2.05, 4.69) is 5.32 Å². The molecule has 212 valence electrons. The van der Waals surface area contributed by atoms with Crippen molar-refractivity contribution >= 4 is 27.5 Å². The maximum atomic E-state index is 15.0. The van der Waals surface area contributed by atoms with Crippen molar-refractivity contribution in [2.24, 2.45) is 0 Å². The van der Waals surface area contributed by atoms with Gasteiger partial charge < -0.3 is 10.2 Å². The minimum Gasteiger partial charge on any atom is -0.352 e. The Balaban J connectivity index is 1.69. The number of anilines is 1. The lowest BCUT2D eigenvalue weighted by atomic mass is 9.95. The van der Waals surface area contributed by atoms with E-state index in [9.17, 15) is 18.0 Å². The summed E-state index contributed by atoms with van der Waals surface area (Å²) in [6.45, 7) is 1.26. The monoisotopic (exact) mass is 565 g/mol. The number of halogens is 1. The van der Waals surface area contributed by atoms with Gasteiger partial charge in [-0.15, -0.1) is 0 Å². The molecule has 1 saturated carbocycles. The molecule has 3 aromatic rings. The molecule has 1 aliphatic rings. The number of hydrogen-bond donors (Lipinski definition) is 1. The first-order chi connectivity index (χ1) is 19.3. The van der Waals surface area contributed by atoms with E-state index in [0.717, 1.165) is 48.0 Å². The molecule has 1 aliphatic carbocycles. The highest BCUT2D eigenvalue weighted by Gasteiger charge is 2.35. The van der Waals surface area contributed by atoms with E-state index < -0.39 is 34.3 Å². The minimum absolute atomic E-state index is 0.0531. The summed E-state index contributed by atoms with van der Waals surface area (Å²) in [4.78, 5) is 28.9. The Morgan fingerprint density at radius 3 is 2.12 bits per heavy atom. The van der Waals surface area contributed by atoms with Gasteiger partial charge in [-0.25, -0.2) is 12.8 Å². The number of amides is 2. The average molecular weight is 566 g/mol. The summed E-state index contributed by atoms with van der Waals surface area (Å²) in [5.41, 5.74) is 0.558. The zero-order valence-electron chi connectivity index (χ0n) is 22.7. The SMILES string of the molecule is CC[C@@H](C(=O)NC1CCCCC1)N(Cc1ccccc1)C(=O)CN(c1ccccc1F)S(=O)(=O)c1ccccc1. The van der Waals surface area contributed by atoms with Gasteiger partial charge >= 0.3 is 0 Å². The standard InChI is InChI=1S/C31H36FN3O4S/c1-2-28(31(37)33-25-16-8-4-9-17-25)34(22-24-14-6-3-7-15-24)30(36)23-35(29-21-13-12-20-27(29)32)40(38,39)26-18-10-5-11-19-26/h3,5-7,10-15,18-21,25,28H,2,4,8-9,16-17,22-23H2,1H3,(H,33,37)/t28-/m0/s1. The van der Waals surface area contributed by atoms with E-state index in [1.165, 1.54) is 35.2 Å². The van der Waals surface area contributed by atoms with Crippen molar-refractivity contribution in [1.82, 2.24) is 10.2 Å². The Hall–Kier alpha value is -3.72. The Bertz CT molecular complexity index is 1380. The number of para-hydroxylation sites is 1. The van der Waals surface area contributed by atoms with Crippen LogP contribution in [0.25, 0.3) is 0 Å². The molecular weight excluding hydrogens is 529 g/mol. The first-order valence-electron chi connectivity index (χ1n) is 13.8. The fraction of sp³-hybridized carbons (Fsp3) is 0.355. The van der Waals surface area contributed by atoms with Gasteiger partial charge in [0.05, 0.1) is 10.6 Å². The lowest BCUT2D eigenvalue weighted by Crippen LogP contribution is -2.54. The molecule has 0 aliphatic heterocycles. The van der Waals surface area contributed by atoms with Crippen LogP contribution in [0.3, 0.4) is 0 Å². The van der Waals surface area contributed by atoms with Gasteiger partial charge in [0.2, 0.25) is 11.8 Å². The normalized spacial score (nSPS) is 14.8. The molecule has 0 radical (unpaired) electrons. The maximum Gasteiger partial charge on any atom is 0.264 e. The quantitative estimate of drug-likeness (QED) is 0.343. The number of hydrogen-bond acceptors (Lipinski definition) is 4. The van der Waals surface area contributed by atoms with Crippen LogP contribution in [0.15, 0.2) is 89.8 Å². The van der Waals surface area contributed by atoms with E-state index in [-0.39, 0.29) is 29.1 Å². The highest BCUT2D eigenvalue weighted by molar-refractivity contribution is 7.92. The van der Waals surface area contributed by atoms with Crippen LogP contribution in [-0.2, 0) is 26.2 Å². The second-order valence-electron chi connectivity index (χ2n) is 10.1. The predicted octanol–water partition coefficient (Wildman–Crippen LogP) is 5.28. The number of carbonyl (C=O) groups excluding carboxylic acids is 2. The summed E-state index contributed by atoms with van der Waals surface area (Å²) in [5.74, 6) is -1.63. The van der Waals surface area contributed by atoms with Gasteiger partial charge in [0, 0.05) is 12.6 Å². The summed E-state index contributed by atoms with van der Waals surface area (Å²) in [7, 11) is -4.31. The molecule has 7 nitrogen and oxygen atoms in total. The first kappa shape index (κ1) is 29.3. The zero-order valence-corrected chi connectivity index (χ0v) is 23.5. The fourth-order valence-electron chi connectivity index (χ4n) is 5.13. The molecule has 40 heavy (non-hydrogen) atoms. The number of rotatable bonds is 11. The summed E-state index contributed by atoms with van der Waals surface area (Å²) >= 11 is 0. The largest absolute Gasteiger partial charge is 0.352 e. The van der Waals surface area contributed by atoms with Gasteiger partial charge in [-0.3, -0.25) is 13.9 Å². The third-order valence-electron chi connectivity index (χ3n) is 7.26. The summed E-state index contributed by atoms with van der Waals surface area (Å²) in [5, 5.41) is 3.12. The third kappa shape index (κ3) is 7.07. The summed E-state index contributed by atoms with van der Waals surface area (Å²) in [6, 6.07) is 21.5. The van der Waals surface area contributed by atoms with Crippen LogP contribution in [0.2, 0.25) is 0 Å². The van der Waals surface area contributed by atoms with Gasteiger partial charge in [-0.1, -0.05) is 86.8 Å². The van der Waals surface area contributed by atoms with Crippen LogP contribution in [0.4, 0.5) is 10.1 Å². The van der Waals surface area contributed by atoms with Crippen LogP contribution < -0.4 is 9.62 Å². The topological polar surface area (TPSA) is 86.8 Å². The van der Waals surface area contributed by atoms with Crippen molar-refractivity contribution in [2.45, 2.75) is 69.0 Å². The van der Waals surface area contributed by atoms with Crippen molar-refractivity contribution in [3.8, 4) is 0 Å². The summed E-state index contributed by atoms with van der Waals surface area (Å²) < 4.78 is 43.3. The second kappa shape index (κ2) is 13.6. The maximum absolute atomic E-state index is 15.0. The molecule has 0 aromatic heterocycles. The molecule has 0 heterocycles. The third-order valence-corrected chi connectivity index (χ3v) is 9.04. The van der Waals surface area contributed by atoms with Crippen molar-refractivity contribution < 1.29 is 22.4 Å². The molecule has 1 N–H and O–H groups in total. The molecule has 0 spiro atoms. The molecule has 4 rings (SSSR count). The van der Waals surface area contributed by atoms with Crippen molar-refractivity contribution in [3.05, 3.63) is 96.3 Å². The predicted molar refractivity (Wildman–Crippen MR) is 153 cm³/mol. The molecule has 2 amide bonds. The lowest BCUT2D eigenvalue weighted by molar-refractivity contribution is -0.140. The van der Waals surface area contributed by atoms with Crippen molar-refractivity contribution in [1.29, 1.82) is 0 Å². The van der Waals surface area contributed by atoms with E-state index in [1.807, 2.05) is 37.3 Å². The number of nitrogens with one attached hydrogen (secondary N) is 1. The molecule has 1 atom stereocenters. The van der Waals surface area contributed by atoms with Crippen LogP contribution in [-0.4, -0.2) is 43.8 Å². The Labute approximate surface area is 236 Å². The number of nitrogens with zero attached hydrogens (tertiary/aromatic N) is 2. The molecule has 0 saturated heterocycles. The number of carbonyl (C=O) groups is 2. The van der Waals surface area contributed by atoms with Gasteiger partial charge in [-0.05, 0) is 49.1 Å². The number of benzene rings is 3. The Kier molecular flexibility index (Phi) is 9.93. The minimum atomic E-state index is -4.31. The highest BCUT2D eigenvalue weighted by Crippen LogP contribution is 2.27. The van der Waals surface area contributed by atoms with E-state index >= 15 is 4.39 Å². The first-order valence-corrected chi connectivity index (χ1v) is 15.2. The second-order valence-corrected chi connectivity index (χ2v) is 11.9. The Morgan fingerprint density at radius 2 is 1.50 bits per heavy atom. The summed E-state index contributed by atoms with van der Waals surface area (Å²) in [6.07, 6.45) is 5.36. The lowest BCUT2D eigenvalue weighted by Gasteiger charge is -2.34. The van der Waals surface area contributed by atoms with Crippen molar-refractivity contribution in [2.75, 3.05) is 10.8 Å². The van der Waals surface area contributed by atoms with Crippen LogP contribution in [0, 0.1) is 5.82 Å². The van der Waals surface area contributed by atoms with Crippen LogP contribution >= 0.6 is 0 Å². The van der Waals surface area contributed by atoms with E-state index in [0.29, 0.717) is 6.42 Å². The van der Waals surface area contributed by atoms with Gasteiger partial charge in [0.15, 0.2) is 0 Å². The van der Waals surface area contributed by atoms with Gasteiger partial charge in [0.25, 0.3) is 10.0 Å². The average Bonchev–Trinajstić information content (AvgIpc) is 2.97. The fourth-order valence-corrected chi connectivity index (χ4v) is 6.57. The zero-order chi connectivity index (χ0) is 28.5. The number of sulfonamides is 1.